The normalized spacial score (nSPS) is 13.9. The number of nitrogens with zero attached hydrogens (tertiary/aromatic N) is 3. The Bertz CT molecular complexity index is 1160. The number of benzene rings is 2. The number of rotatable bonds is 2. The number of hydrogen-bond donors (Lipinski definition) is 0. The highest BCUT2D eigenvalue weighted by atomic mass is 35.5. The molecule has 0 saturated carbocycles. The minimum Gasteiger partial charge on any atom is -0.309 e. The van der Waals surface area contributed by atoms with Crippen LogP contribution in [0.2, 0.25) is 15.1 Å². The summed E-state index contributed by atoms with van der Waals surface area (Å²) in [4.78, 5) is 0. The van der Waals surface area contributed by atoms with Gasteiger partial charge < -0.3 is 4.57 Å². The molecule has 1 aliphatic heterocycles. The van der Waals surface area contributed by atoms with Gasteiger partial charge in [-0.1, -0.05) is 46.9 Å². The van der Waals surface area contributed by atoms with Crippen LogP contribution in [0.4, 0.5) is 0 Å². The summed E-state index contributed by atoms with van der Waals surface area (Å²) in [7, 11) is 0. The molecular weight excluding hydrogens is 401 g/mol. The van der Waals surface area contributed by atoms with Gasteiger partial charge in [-0.05, 0) is 55.2 Å². The smallest absolute Gasteiger partial charge is 0.163 e. The zero-order valence-electron chi connectivity index (χ0n) is 14.4. The van der Waals surface area contributed by atoms with Crippen LogP contribution in [0.15, 0.2) is 48.7 Å². The molecular formula is C21H16Cl3N3. The van der Waals surface area contributed by atoms with Gasteiger partial charge in [-0.25, -0.2) is 4.52 Å². The van der Waals surface area contributed by atoms with Crippen molar-refractivity contribution in [3.63, 3.8) is 0 Å². The summed E-state index contributed by atoms with van der Waals surface area (Å²) in [5.74, 6) is 0.887. The van der Waals surface area contributed by atoms with Crippen molar-refractivity contribution >= 4 is 40.4 Å². The molecule has 4 aromatic rings. The summed E-state index contributed by atoms with van der Waals surface area (Å²) in [6.07, 6.45) is 5.41. The van der Waals surface area contributed by atoms with Gasteiger partial charge in [-0.2, -0.15) is 0 Å². The molecule has 136 valence electrons. The van der Waals surface area contributed by atoms with E-state index in [2.05, 4.69) is 22.9 Å². The quantitative estimate of drug-likeness (QED) is 0.353. The van der Waals surface area contributed by atoms with E-state index in [0.717, 1.165) is 47.9 Å². The first-order valence-electron chi connectivity index (χ1n) is 8.94. The summed E-state index contributed by atoms with van der Waals surface area (Å²) < 4.78 is 4.28. The second-order valence-electron chi connectivity index (χ2n) is 6.85. The van der Waals surface area contributed by atoms with Gasteiger partial charge in [0.25, 0.3) is 0 Å². The maximum Gasteiger partial charge on any atom is 0.163 e. The van der Waals surface area contributed by atoms with E-state index in [4.69, 9.17) is 39.9 Å². The summed E-state index contributed by atoms with van der Waals surface area (Å²) in [5, 5.41) is 6.87. The lowest BCUT2D eigenvalue weighted by Crippen LogP contribution is -2.00. The van der Waals surface area contributed by atoms with Crippen LogP contribution in [0.3, 0.4) is 0 Å². The molecule has 0 N–H and O–H groups in total. The molecule has 0 amide bonds. The molecule has 0 fully saturated rings. The van der Waals surface area contributed by atoms with Crippen molar-refractivity contribution in [2.45, 2.75) is 25.8 Å². The standard InChI is InChI=1S/C21H16Cl3N3/c22-14-6-4-13(5-7-14)18-12-27-21-16(18)3-1-2-10-26(21)20(25-27)17-9-8-15(23)11-19(17)24/h4-9,11-12H,1-3,10H2. The van der Waals surface area contributed by atoms with Crippen molar-refractivity contribution in [2.24, 2.45) is 0 Å². The van der Waals surface area contributed by atoms with Crippen LogP contribution < -0.4 is 0 Å². The second-order valence-corrected chi connectivity index (χ2v) is 8.13. The zero-order chi connectivity index (χ0) is 18.5. The van der Waals surface area contributed by atoms with Crippen molar-refractivity contribution < 1.29 is 0 Å². The zero-order valence-corrected chi connectivity index (χ0v) is 16.7. The van der Waals surface area contributed by atoms with E-state index in [1.807, 2.05) is 28.8 Å². The largest absolute Gasteiger partial charge is 0.309 e. The Hall–Kier alpha value is -1.94. The lowest BCUT2D eigenvalue weighted by molar-refractivity contribution is 0.645. The summed E-state index contributed by atoms with van der Waals surface area (Å²) in [6.45, 7) is 0.925. The van der Waals surface area contributed by atoms with Crippen molar-refractivity contribution in [3.05, 3.63) is 69.3 Å². The van der Waals surface area contributed by atoms with Crippen LogP contribution in [-0.2, 0) is 13.0 Å². The number of hydrogen-bond acceptors (Lipinski definition) is 1. The number of halogens is 3. The monoisotopic (exact) mass is 415 g/mol. The summed E-state index contributed by atoms with van der Waals surface area (Å²) in [5.41, 5.74) is 5.78. The maximum atomic E-state index is 6.47. The Kier molecular flexibility index (Phi) is 4.19. The summed E-state index contributed by atoms with van der Waals surface area (Å²) in [6, 6.07) is 13.6. The first-order chi connectivity index (χ1) is 13.1. The number of aryl methyl sites for hydroxylation is 2. The van der Waals surface area contributed by atoms with Gasteiger partial charge in [0.1, 0.15) is 5.65 Å². The van der Waals surface area contributed by atoms with E-state index in [0.29, 0.717) is 10.0 Å². The lowest BCUT2D eigenvalue weighted by Gasteiger charge is -2.08. The highest BCUT2D eigenvalue weighted by molar-refractivity contribution is 6.36. The van der Waals surface area contributed by atoms with Gasteiger partial charge in [0, 0.05) is 39.5 Å². The first-order valence-corrected chi connectivity index (χ1v) is 10.1. The Morgan fingerprint density at radius 2 is 1.63 bits per heavy atom. The van der Waals surface area contributed by atoms with Crippen molar-refractivity contribution in [3.8, 4) is 22.5 Å². The first kappa shape index (κ1) is 17.2. The molecule has 0 aliphatic carbocycles. The van der Waals surface area contributed by atoms with Crippen LogP contribution >= 0.6 is 34.8 Å². The van der Waals surface area contributed by atoms with E-state index >= 15 is 0 Å². The fourth-order valence-electron chi connectivity index (χ4n) is 3.92. The van der Waals surface area contributed by atoms with Gasteiger partial charge in [-0.3, -0.25) is 0 Å². The Morgan fingerprint density at radius 1 is 0.852 bits per heavy atom. The molecule has 3 nitrogen and oxygen atoms in total. The van der Waals surface area contributed by atoms with Crippen LogP contribution in [0.1, 0.15) is 18.4 Å². The molecule has 2 aromatic heterocycles. The Morgan fingerprint density at radius 3 is 2.41 bits per heavy atom. The topological polar surface area (TPSA) is 22.2 Å². The average molecular weight is 417 g/mol. The second kappa shape index (κ2) is 6.59. The minimum absolute atomic E-state index is 0.621. The van der Waals surface area contributed by atoms with Gasteiger partial charge in [0.2, 0.25) is 0 Å². The Labute approximate surface area is 172 Å². The van der Waals surface area contributed by atoms with Crippen LogP contribution in [0, 0.1) is 0 Å². The van der Waals surface area contributed by atoms with Crippen LogP contribution in [-0.4, -0.2) is 14.2 Å². The fraction of sp³-hybridized carbons (Fsp3) is 0.190. The van der Waals surface area contributed by atoms with Gasteiger partial charge >= 0.3 is 0 Å². The van der Waals surface area contributed by atoms with Crippen molar-refractivity contribution in [1.29, 1.82) is 0 Å². The lowest BCUT2D eigenvalue weighted by atomic mass is 10.0. The molecule has 5 rings (SSSR count). The van der Waals surface area contributed by atoms with E-state index in [1.54, 1.807) is 6.07 Å². The molecule has 0 bridgehead atoms. The van der Waals surface area contributed by atoms with Crippen molar-refractivity contribution in [2.75, 3.05) is 0 Å². The van der Waals surface area contributed by atoms with Crippen molar-refractivity contribution in [1.82, 2.24) is 14.2 Å². The van der Waals surface area contributed by atoms with E-state index in [9.17, 15) is 0 Å². The maximum absolute atomic E-state index is 6.47. The minimum atomic E-state index is 0.621. The van der Waals surface area contributed by atoms with E-state index in [1.165, 1.54) is 16.7 Å². The van der Waals surface area contributed by atoms with Gasteiger partial charge in [-0.15, -0.1) is 5.10 Å². The molecule has 3 heterocycles. The molecule has 0 radical (unpaired) electrons. The molecule has 0 unspecified atom stereocenters. The van der Waals surface area contributed by atoms with Gasteiger partial charge in [0.05, 0.1) is 5.02 Å². The fourth-order valence-corrected chi connectivity index (χ4v) is 4.54. The molecule has 0 saturated heterocycles. The molecule has 6 heteroatoms. The third-order valence-corrected chi connectivity index (χ3v) is 5.96. The molecule has 0 spiro atoms. The molecule has 27 heavy (non-hydrogen) atoms. The average Bonchev–Trinajstić information content (AvgIpc) is 3.07. The molecule has 0 atom stereocenters. The predicted octanol–water partition coefficient (Wildman–Crippen LogP) is 6.77. The molecule has 1 aliphatic rings. The third-order valence-electron chi connectivity index (χ3n) is 5.16. The predicted molar refractivity (Wildman–Crippen MR) is 112 cm³/mol. The SMILES string of the molecule is Clc1ccc(-c2cn3nc(-c4ccc(Cl)cc4Cl)n4c3c2CCCC4)cc1. The Balaban J connectivity index is 1.74. The highest BCUT2D eigenvalue weighted by Crippen LogP contribution is 2.37. The third kappa shape index (κ3) is 2.85. The van der Waals surface area contributed by atoms with Gasteiger partial charge in [0.15, 0.2) is 5.82 Å². The van der Waals surface area contributed by atoms with E-state index in [-0.39, 0.29) is 0 Å². The molecule has 2 aromatic carbocycles. The number of aromatic nitrogens is 3. The van der Waals surface area contributed by atoms with Crippen LogP contribution in [0.5, 0.6) is 0 Å². The van der Waals surface area contributed by atoms with E-state index < -0.39 is 0 Å². The summed E-state index contributed by atoms with van der Waals surface area (Å²) >= 11 is 18.6. The highest BCUT2D eigenvalue weighted by Gasteiger charge is 2.23. The van der Waals surface area contributed by atoms with Crippen LogP contribution in [0.25, 0.3) is 28.2 Å².